The van der Waals surface area contributed by atoms with E-state index in [1.165, 1.54) is 11.6 Å². The molecule has 2 aromatic rings. The first kappa shape index (κ1) is 17.5. The van der Waals surface area contributed by atoms with Gasteiger partial charge in [-0.3, -0.25) is 14.5 Å². The SMILES string of the molecule is CC(C(=O)N1CCC(c2cc(=O)[nH]o2)CC1)N(C)Cc1ccccc1. The number of hydrogen-bond donors (Lipinski definition) is 1. The monoisotopic (exact) mass is 343 g/mol. The van der Waals surface area contributed by atoms with Crippen LogP contribution in [-0.2, 0) is 11.3 Å². The van der Waals surface area contributed by atoms with Crippen LogP contribution < -0.4 is 5.56 Å². The lowest BCUT2D eigenvalue weighted by Crippen LogP contribution is -2.48. The first-order chi connectivity index (χ1) is 12.0. The number of likely N-dealkylation sites (N-methyl/N-ethyl adjacent to an activating group) is 1. The molecule has 1 fully saturated rings. The molecule has 1 atom stereocenters. The lowest BCUT2D eigenvalue weighted by atomic mass is 9.94. The number of rotatable bonds is 5. The molecule has 0 spiro atoms. The van der Waals surface area contributed by atoms with E-state index in [1.807, 2.05) is 37.1 Å². The number of aromatic nitrogens is 1. The van der Waals surface area contributed by atoms with Crippen molar-refractivity contribution < 1.29 is 9.32 Å². The summed E-state index contributed by atoms with van der Waals surface area (Å²) in [5.41, 5.74) is 0.996. The Morgan fingerprint density at radius 2 is 2.00 bits per heavy atom. The van der Waals surface area contributed by atoms with Crippen LogP contribution in [0.3, 0.4) is 0 Å². The fourth-order valence-electron chi connectivity index (χ4n) is 3.34. The average Bonchev–Trinajstić information content (AvgIpc) is 3.08. The Bertz CT molecular complexity index is 745. The third-order valence-corrected chi connectivity index (χ3v) is 5.05. The Kier molecular flexibility index (Phi) is 5.38. The maximum absolute atomic E-state index is 12.8. The van der Waals surface area contributed by atoms with E-state index >= 15 is 0 Å². The van der Waals surface area contributed by atoms with Crippen molar-refractivity contribution in [2.75, 3.05) is 20.1 Å². The fraction of sp³-hybridized carbons (Fsp3) is 0.474. The van der Waals surface area contributed by atoms with Gasteiger partial charge in [0.15, 0.2) is 0 Å². The van der Waals surface area contributed by atoms with Crippen molar-refractivity contribution in [1.82, 2.24) is 15.0 Å². The highest BCUT2D eigenvalue weighted by molar-refractivity contribution is 5.81. The molecule has 1 aliphatic rings. The molecule has 2 heterocycles. The summed E-state index contributed by atoms with van der Waals surface area (Å²) in [5, 5.41) is 2.34. The number of amides is 1. The van der Waals surface area contributed by atoms with Crippen LogP contribution in [0.2, 0.25) is 0 Å². The molecule has 3 rings (SSSR count). The first-order valence-electron chi connectivity index (χ1n) is 8.76. The van der Waals surface area contributed by atoms with Gasteiger partial charge in [-0.25, -0.2) is 0 Å². The highest BCUT2D eigenvalue weighted by Gasteiger charge is 2.29. The van der Waals surface area contributed by atoms with Gasteiger partial charge >= 0.3 is 0 Å². The second-order valence-electron chi connectivity index (χ2n) is 6.79. The van der Waals surface area contributed by atoms with Gasteiger partial charge in [0.25, 0.3) is 5.56 Å². The second-order valence-corrected chi connectivity index (χ2v) is 6.79. The van der Waals surface area contributed by atoms with E-state index < -0.39 is 0 Å². The van der Waals surface area contributed by atoms with Gasteiger partial charge < -0.3 is 9.42 Å². The van der Waals surface area contributed by atoms with E-state index in [9.17, 15) is 9.59 Å². The highest BCUT2D eigenvalue weighted by atomic mass is 16.5. The van der Waals surface area contributed by atoms with Gasteiger partial charge in [0.05, 0.1) is 6.04 Å². The van der Waals surface area contributed by atoms with Crippen LogP contribution >= 0.6 is 0 Å². The molecule has 1 N–H and O–H groups in total. The van der Waals surface area contributed by atoms with Gasteiger partial charge in [-0.15, -0.1) is 0 Å². The van der Waals surface area contributed by atoms with Gasteiger partial charge in [-0.1, -0.05) is 30.3 Å². The zero-order valence-electron chi connectivity index (χ0n) is 14.8. The molecular weight excluding hydrogens is 318 g/mol. The molecule has 0 saturated carbocycles. The largest absolute Gasteiger partial charge is 0.383 e. The van der Waals surface area contributed by atoms with E-state index in [1.54, 1.807) is 0 Å². The maximum atomic E-state index is 12.8. The molecule has 0 aliphatic carbocycles. The van der Waals surface area contributed by atoms with Crippen molar-refractivity contribution in [1.29, 1.82) is 0 Å². The van der Waals surface area contributed by atoms with Crippen molar-refractivity contribution in [3.63, 3.8) is 0 Å². The van der Waals surface area contributed by atoms with Crippen LogP contribution in [0.4, 0.5) is 0 Å². The summed E-state index contributed by atoms with van der Waals surface area (Å²) in [6, 6.07) is 11.5. The number of carbonyl (C=O) groups excluding carboxylic acids is 1. The average molecular weight is 343 g/mol. The van der Waals surface area contributed by atoms with Crippen LogP contribution in [0.25, 0.3) is 0 Å². The smallest absolute Gasteiger partial charge is 0.280 e. The number of carbonyl (C=O) groups is 1. The molecule has 0 bridgehead atoms. The third kappa shape index (κ3) is 4.20. The number of benzene rings is 1. The van der Waals surface area contributed by atoms with Gasteiger partial charge in [-0.2, -0.15) is 5.16 Å². The normalized spacial score (nSPS) is 17.0. The van der Waals surface area contributed by atoms with Gasteiger partial charge in [0, 0.05) is 31.6 Å². The van der Waals surface area contributed by atoms with E-state index in [2.05, 4.69) is 22.2 Å². The molecule has 0 radical (unpaired) electrons. The van der Waals surface area contributed by atoms with Gasteiger partial charge in [-0.05, 0) is 32.4 Å². The first-order valence-corrected chi connectivity index (χ1v) is 8.76. The van der Waals surface area contributed by atoms with Crippen molar-refractivity contribution >= 4 is 5.91 Å². The standard InChI is InChI=1S/C19H25N3O3/c1-14(21(2)13-15-6-4-3-5-7-15)19(24)22-10-8-16(9-11-22)17-12-18(23)20-25-17/h3-7,12,14,16H,8-11,13H2,1-2H3,(H,20,23). The zero-order chi connectivity index (χ0) is 17.8. The number of nitrogens with zero attached hydrogens (tertiary/aromatic N) is 2. The minimum absolute atomic E-state index is 0.160. The Morgan fingerprint density at radius 3 is 2.60 bits per heavy atom. The summed E-state index contributed by atoms with van der Waals surface area (Å²) < 4.78 is 5.20. The zero-order valence-corrected chi connectivity index (χ0v) is 14.8. The summed E-state index contributed by atoms with van der Waals surface area (Å²) >= 11 is 0. The maximum Gasteiger partial charge on any atom is 0.280 e. The summed E-state index contributed by atoms with van der Waals surface area (Å²) in [5.74, 6) is 1.07. The predicted octanol–water partition coefficient (Wildman–Crippen LogP) is 2.19. The molecular formula is C19H25N3O3. The van der Waals surface area contributed by atoms with Crippen molar-refractivity contribution in [2.45, 2.75) is 38.3 Å². The number of nitrogens with one attached hydrogen (secondary N) is 1. The summed E-state index contributed by atoms with van der Waals surface area (Å²) in [4.78, 5) is 28.0. The molecule has 1 saturated heterocycles. The number of aromatic amines is 1. The molecule has 1 unspecified atom stereocenters. The van der Waals surface area contributed by atoms with E-state index in [4.69, 9.17) is 4.52 Å². The molecule has 6 heteroatoms. The Hall–Kier alpha value is -2.34. The molecule has 1 aliphatic heterocycles. The lowest BCUT2D eigenvalue weighted by molar-refractivity contribution is -0.137. The van der Waals surface area contributed by atoms with E-state index in [-0.39, 0.29) is 23.4 Å². The topological polar surface area (TPSA) is 69.5 Å². The van der Waals surface area contributed by atoms with E-state index in [0.29, 0.717) is 18.8 Å². The second kappa shape index (κ2) is 7.70. The minimum Gasteiger partial charge on any atom is -0.383 e. The molecule has 1 amide bonds. The number of piperidine rings is 1. The number of likely N-dealkylation sites (tertiary alicyclic amines) is 1. The van der Waals surface area contributed by atoms with Crippen LogP contribution in [0.1, 0.15) is 37.0 Å². The minimum atomic E-state index is -0.204. The summed E-state index contributed by atoms with van der Waals surface area (Å²) in [6.07, 6.45) is 1.64. The quantitative estimate of drug-likeness (QED) is 0.903. The van der Waals surface area contributed by atoms with Gasteiger partial charge in [0.2, 0.25) is 5.91 Å². The number of hydrogen-bond acceptors (Lipinski definition) is 4. The van der Waals surface area contributed by atoms with E-state index in [0.717, 1.165) is 19.4 Å². The predicted molar refractivity (Wildman–Crippen MR) is 95.3 cm³/mol. The van der Waals surface area contributed by atoms with Crippen molar-refractivity contribution in [3.05, 3.63) is 58.1 Å². The molecule has 134 valence electrons. The van der Waals surface area contributed by atoms with Crippen LogP contribution in [0.5, 0.6) is 0 Å². The van der Waals surface area contributed by atoms with Crippen molar-refractivity contribution in [2.24, 2.45) is 0 Å². The fourth-order valence-corrected chi connectivity index (χ4v) is 3.34. The summed E-state index contributed by atoms with van der Waals surface area (Å²) in [6.45, 7) is 4.10. The van der Waals surface area contributed by atoms with Crippen LogP contribution in [-0.4, -0.2) is 47.0 Å². The third-order valence-electron chi connectivity index (χ3n) is 5.05. The highest BCUT2D eigenvalue weighted by Crippen LogP contribution is 2.27. The van der Waals surface area contributed by atoms with Gasteiger partial charge in [0.1, 0.15) is 5.76 Å². The lowest BCUT2D eigenvalue weighted by Gasteiger charge is -2.35. The Labute approximate surface area is 147 Å². The van der Waals surface area contributed by atoms with Crippen molar-refractivity contribution in [3.8, 4) is 0 Å². The van der Waals surface area contributed by atoms with Crippen LogP contribution in [0, 0.1) is 0 Å². The molecule has 1 aromatic heterocycles. The molecule has 6 nitrogen and oxygen atoms in total. The molecule has 25 heavy (non-hydrogen) atoms. The van der Waals surface area contributed by atoms with Crippen LogP contribution in [0.15, 0.2) is 45.7 Å². The Balaban J connectivity index is 1.53. The Morgan fingerprint density at radius 1 is 1.32 bits per heavy atom. The summed E-state index contributed by atoms with van der Waals surface area (Å²) in [7, 11) is 1.98. The molecule has 1 aromatic carbocycles. The number of H-pyrrole nitrogens is 1.